The summed E-state index contributed by atoms with van der Waals surface area (Å²) in [6, 6.07) is 17.9. The minimum atomic E-state index is 0.355. The monoisotopic (exact) mass is 408 g/mol. The van der Waals surface area contributed by atoms with Crippen molar-refractivity contribution in [1.82, 2.24) is 5.32 Å². The molecule has 2 aromatic rings. The summed E-state index contributed by atoms with van der Waals surface area (Å²) in [6.07, 6.45) is 0. The van der Waals surface area contributed by atoms with Crippen LogP contribution >= 0.6 is 31.9 Å². The maximum absolute atomic E-state index is 3.70. The summed E-state index contributed by atoms with van der Waals surface area (Å²) in [5, 5.41) is 3.60. The number of hydrogen-bond donors (Lipinski definition) is 1. The van der Waals surface area contributed by atoms with Gasteiger partial charge in [0.05, 0.1) is 11.7 Å². The lowest BCUT2D eigenvalue weighted by molar-refractivity contribution is 0.416. The van der Waals surface area contributed by atoms with E-state index in [1.807, 2.05) is 0 Å². The number of hydrogen-bond acceptors (Lipinski definition) is 2. The highest BCUT2D eigenvalue weighted by Gasteiger charge is 2.28. The van der Waals surface area contributed by atoms with Gasteiger partial charge in [-0.2, -0.15) is 0 Å². The average molecular weight is 410 g/mol. The average Bonchev–Trinajstić information content (AvgIpc) is 2.50. The first-order chi connectivity index (χ1) is 10.1. The number of rotatable bonds is 2. The Balaban J connectivity index is 2.00. The zero-order chi connectivity index (χ0) is 14.8. The highest BCUT2D eigenvalue weighted by Crippen LogP contribution is 2.36. The van der Waals surface area contributed by atoms with Crippen molar-refractivity contribution in [3.05, 3.63) is 63.0 Å². The van der Waals surface area contributed by atoms with Gasteiger partial charge in [0.25, 0.3) is 0 Å². The second-order valence-electron chi connectivity index (χ2n) is 5.48. The van der Waals surface area contributed by atoms with Gasteiger partial charge < -0.3 is 10.2 Å². The summed E-state index contributed by atoms with van der Waals surface area (Å²) < 4.78 is 2.25. The lowest BCUT2D eigenvalue weighted by atomic mass is 10.0. The lowest BCUT2D eigenvalue weighted by Crippen LogP contribution is -2.51. The molecule has 0 amide bonds. The predicted molar refractivity (Wildman–Crippen MR) is 95.8 cm³/mol. The summed E-state index contributed by atoms with van der Waals surface area (Å²) in [5.74, 6) is 0. The molecule has 2 unspecified atom stereocenters. The molecule has 0 saturated carbocycles. The SMILES string of the molecule is CC1CN(c2cc(Br)ccc2Br)C(c2ccccc2)CN1. The fourth-order valence-electron chi connectivity index (χ4n) is 2.85. The van der Waals surface area contributed by atoms with E-state index in [2.05, 4.69) is 97.5 Å². The van der Waals surface area contributed by atoms with E-state index in [9.17, 15) is 0 Å². The van der Waals surface area contributed by atoms with Gasteiger partial charge in [-0.15, -0.1) is 0 Å². The fraction of sp³-hybridized carbons (Fsp3) is 0.294. The Morgan fingerprint density at radius 1 is 1.10 bits per heavy atom. The predicted octanol–water partition coefficient (Wildman–Crippen LogP) is 4.75. The summed E-state index contributed by atoms with van der Waals surface area (Å²) in [6.45, 7) is 4.19. The lowest BCUT2D eigenvalue weighted by Gasteiger charge is -2.41. The smallest absolute Gasteiger partial charge is 0.0668 e. The van der Waals surface area contributed by atoms with Gasteiger partial charge >= 0.3 is 0 Å². The molecule has 21 heavy (non-hydrogen) atoms. The van der Waals surface area contributed by atoms with E-state index in [4.69, 9.17) is 0 Å². The molecular formula is C17H18Br2N2. The van der Waals surface area contributed by atoms with Crippen LogP contribution in [-0.2, 0) is 0 Å². The van der Waals surface area contributed by atoms with Crippen molar-refractivity contribution in [1.29, 1.82) is 0 Å². The van der Waals surface area contributed by atoms with Gasteiger partial charge in [-0.1, -0.05) is 46.3 Å². The molecule has 2 aromatic carbocycles. The number of anilines is 1. The third-order valence-corrected chi connectivity index (χ3v) is 5.07. The van der Waals surface area contributed by atoms with Crippen LogP contribution in [0.25, 0.3) is 0 Å². The largest absolute Gasteiger partial charge is 0.361 e. The summed E-state index contributed by atoms with van der Waals surface area (Å²) in [4.78, 5) is 2.49. The minimum Gasteiger partial charge on any atom is -0.361 e. The molecule has 2 atom stereocenters. The van der Waals surface area contributed by atoms with E-state index in [0.29, 0.717) is 12.1 Å². The first-order valence-electron chi connectivity index (χ1n) is 7.15. The van der Waals surface area contributed by atoms with Gasteiger partial charge in [-0.05, 0) is 46.6 Å². The van der Waals surface area contributed by atoms with Crippen molar-refractivity contribution >= 4 is 37.5 Å². The Hall–Kier alpha value is -0.840. The van der Waals surface area contributed by atoms with Gasteiger partial charge in [0.2, 0.25) is 0 Å². The van der Waals surface area contributed by atoms with E-state index in [1.165, 1.54) is 11.3 Å². The minimum absolute atomic E-state index is 0.355. The number of nitrogens with zero attached hydrogens (tertiary/aromatic N) is 1. The van der Waals surface area contributed by atoms with Crippen molar-refractivity contribution in [2.45, 2.75) is 19.0 Å². The first kappa shape index (κ1) is 15.1. The molecule has 110 valence electrons. The molecule has 1 aliphatic heterocycles. The van der Waals surface area contributed by atoms with Gasteiger partial charge in [0.15, 0.2) is 0 Å². The maximum atomic E-state index is 3.70. The molecule has 1 aliphatic rings. The van der Waals surface area contributed by atoms with Crippen LogP contribution in [0.15, 0.2) is 57.5 Å². The summed E-state index contributed by atoms with van der Waals surface area (Å²) in [5.41, 5.74) is 2.59. The standard InChI is InChI=1S/C17H18Br2N2/c1-12-11-21(16-9-14(18)7-8-15(16)19)17(10-20-12)13-5-3-2-4-6-13/h2-9,12,17,20H,10-11H2,1H3. The second kappa shape index (κ2) is 6.51. The molecular weight excluding hydrogens is 392 g/mol. The highest BCUT2D eigenvalue weighted by molar-refractivity contribution is 9.11. The van der Waals surface area contributed by atoms with Crippen molar-refractivity contribution in [2.75, 3.05) is 18.0 Å². The van der Waals surface area contributed by atoms with E-state index in [0.717, 1.165) is 22.0 Å². The quantitative estimate of drug-likeness (QED) is 0.769. The Kier molecular flexibility index (Phi) is 4.67. The van der Waals surface area contributed by atoms with Crippen LogP contribution < -0.4 is 10.2 Å². The van der Waals surface area contributed by atoms with Crippen LogP contribution in [0.1, 0.15) is 18.5 Å². The van der Waals surface area contributed by atoms with Gasteiger partial charge in [-0.25, -0.2) is 0 Å². The third kappa shape index (κ3) is 3.33. The molecule has 1 heterocycles. The number of nitrogens with one attached hydrogen (secondary N) is 1. The van der Waals surface area contributed by atoms with E-state index in [1.54, 1.807) is 0 Å². The van der Waals surface area contributed by atoms with Crippen molar-refractivity contribution < 1.29 is 0 Å². The van der Waals surface area contributed by atoms with Crippen LogP contribution in [0.2, 0.25) is 0 Å². The van der Waals surface area contributed by atoms with E-state index < -0.39 is 0 Å². The third-order valence-electron chi connectivity index (χ3n) is 3.91. The van der Waals surface area contributed by atoms with Crippen molar-refractivity contribution in [3.63, 3.8) is 0 Å². The molecule has 3 rings (SSSR count). The van der Waals surface area contributed by atoms with Crippen molar-refractivity contribution in [2.24, 2.45) is 0 Å². The van der Waals surface area contributed by atoms with Crippen LogP contribution in [-0.4, -0.2) is 19.1 Å². The highest BCUT2D eigenvalue weighted by atomic mass is 79.9. The van der Waals surface area contributed by atoms with E-state index in [-0.39, 0.29) is 0 Å². The zero-order valence-corrected chi connectivity index (χ0v) is 15.1. The second-order valence-corrected chi connectivity index (χ2v) is 7.25. The Labute approximate surface area is 142 Å². The molecule has 0 bridgehead atoms. The molecule has 0 spiro atoms. The number of halogens is 2. The molecule has 1 N–H and O–H groups in total. The summed E-state index contributed by atoms with van der Waals surface area (Å²) >= 11 is 7.29. The molecule has 0 radical (unpaired) electrons. The zero-order valence-electron chi connectivity index (χ0n) is 11.9. The molecule has 4 heteroatoms. The number of benzene rings is 2. The first-order valence-corrected chi connectivity index (χ1v) is 8.74. The van der Waals surface area contributed by atoms with Crippen molar-refractivity contribution in [3.8, 4) is 0 Å². The topological polar surface area (TPSA) is 15.3 Å². The van der Waals surface area contributed by atoms with Gasteiger partial charge in [-0.3, -0.25) is 0 Å². The van der Waals surface area contributed by atoms with Crippen LogP contribution in [0.3, 0.4) is 0 Å². The molecule has 0 aliphatic carbocycles. The maximum Gasteiger partial charge on any atom is 0.0668 e. The molecule has 2 nitrogen and oxygen atoms in total. The number of piperazine rings is 1. The molecule has 0 aromatic heterocycles. The fourth-order valence-corrected chi connectivity index (χ4v) is 3.68. The van der Waals surface area contributed by atoms with E-state index >= 15 is 0 Å². The van der Waals surface area contributed by atoms with Gasteiger partial charge in [0.1, 0.15) is 0 Å². The van der Waals surface area contributed by atoms with Crippen LogP contribution in [0, 0.1) is 0 Å². The van der Waals surface area contributed by atoms with Crippen LogP contribution in [0.4, 0.5) is 5.69 Å². The van der Waals surface area contributed by atoms with Gasteiger partial charge in [0, 0.05) is 28.1 Å². The Morgan fingerprint density at radius 2 is 1.86 bits per heavy atom. The molecule has 1 fully saturated rings. The Bertz CT molecular complexity index is 615. The Morgan fingerprint density at radius 3 is 2.62 bits per heavy atom. The van der Waals surface area contributed by atoms with Crippen LogP contribution in [0.5, 0.6) is 0 Å². The normalized spacial score (nSPS) is 22.3. The molecule has 1 saturated heterocycles. The summed E-state index contributed by atoms with van der Waals surface area (Å²) in [7, 11) is 0.